The van der Waals surface area contributed by atoms with Crippen LogP contribution in [-0.2, 0) is 16.0 Å². The van der Waals surface area contributed by atoms with Crippen molar-refractivity contribution in [3.63, 3.8) is 0 Å². The molecule has 0 saturated carbocycles. The van der Waals surface area contributed by atoms with E-state index >= 15 is 0 Å². The second-order valence-electron chi connectivity index (χ2n) is 7.84. The van der Waals surface area contributed by atoms with Crippen molar-refractivity contribution in [1.82, 2.24) is 15.1 Å². The Morgan fingerprint density at radius 1 is 0.844 bits per heavy atom. The van der Waals surface area contributed by atoms with Crippen molar-refractivity contribution in [2.45, 2.75) is 25.7 Å². The van der Waals surface area contributed by atoms with Gasteiger partial charge in [0.1, 0.15) is 5.75 Å². The molecule has 3 amide bonds. The minimum Gasteiger partial charge on any atom is -0.497 e. The van der Waals surface area contributed by atoms with Gasteiger partial charge in [0, 0.05) is 51.1 Å². The van der Waals surface area contributed by atoms with E-state index in [9.17, 15) is 14.4 Å². The van der Waals surface area contributed by atoms with E-state index < -0.39 is 0 Å². The predicted octanol–water partition coefficient (Wildman–Crippen LogP) is 2.51. The first kappa shape index (κ1) is 23.3. The van der Waals surface area contributed by atoms with Crippen molar-refractivity contribution in [1.29, 1.82) is 0 Å². The second kappa shape index (κ2) is 11.9. The Bertz CT molecular complexity index is 899. The number of benzene rings is 2. The monoisotopic (exact) mass is 437 g/mol. The Balaban J connectivity index is 1.39. The van der Waals surface area contributed by atoms with E-state index in [1.54, 1.807) is 36.3 Å². The first-order chi connectivity index (χ1) is 15.6. The van der Waals surface area contributed by atoms with E-state index in [1.165, 1.54) is 0 Å². The number of ether oxygens (including phenoxy) is 1. The molecule has 1 fully saturated rings. The van der Waals surface area contributed by atoms with Crippen molar-refractivity contribution >= 4 is 17.7 Å². The molecule has 0 aromatic heterocycles. The molecule has 0 aliphatic carbocycles. The van der Waals surface area contributed by atoms with E-state index in [1.807, 2.05) is 35.2 Å². The van der Waals surface area contributed by atoms with Gasteiger partial charge in [-0.15, -0.1) is 0 Å². The summed E-state index contributed by atoms with van der Waals surface area (Å²) in [6.07, 6.45) is 2.15. The van der Waals surface area contributed by atoms with Crippen LogP contribution in [0.2, 0.25) is 0 Å². The number of rotatable bonds is 8. The van der Waals surface area contributed by atoms with Crippen molar-refractivity contribution < 1.29 is 19.1 Å². The molecule has 7 heteroatoms. The van der Waals surface area contributed by atoms with E-state index in [2.05, 4.69) is 5.32 Å². The summed E-state index contributed by atoms with van der Waals surface area (Å²) in [7, 11) is 1.63. The van der Waals surface area contributed by atoms with Crippen LogP contribution in [0.5, 0.6) is 5.75 Å². The Morgan fingerprint density at radius 3 is 2.09 bits per heavy atom. The molecule has 1 heterocycles. The van der Waals surface area contributed by atoms with Crippen LogP contribution in [0.15, 0.2) is 54.6 Å². The van der Waals surface area contributed by atoms with Crippen molar-refractivity contribution in [2.75, 3.05) is 39.8 Å². The number of amides is 3. The number of nitrogens with zero attached hydrogens (tertiary/aromatic N) is 2. The smallest absolute Gasteiger partial charge is 0.251 e. The molecule has 7 nitrogen and oxygen atoms in total. The number of aryl methyl sites for hydroxylation is 1. The predicted molar refractivity (Wildman–Crippen MR) is 122 cm³/mol. The standard InChI is InChI=1S/C25H31N3O4/c1-32-22-11-8-20(9-12-22)10-13-23(29)27-16-5-17-28(19-18-27)24(30)14-15-26-25(31)21-6-3-2-4-7-21/h2-4,6-9,11-12H,5,10,13-19H2,1H3,(H,26,31). The fourth-order valence-electron chi connectivity index (χ4n) is 3.75. The van der Waals surface area contributed by atoms with Crippen molar-refractivity contribution in [3.8, 4) is 5.75 Å². The van der Waals surface area contributed by atoms with Gasteiger partial charge in [0.25, 0.3) is 5.91 Å². The topological polar surface area (TPSA) is 79.0 Å². The normalized spacial score (nSPS) is 13.9. The summed E-state index contributed by atoms with van der Waals surface area (Å²) in [6, 6.07) is 16.7. The molecule has 170 valence electrons. The quantitative estimate of drug-likeness (QED) is 0.688. The van der Waals surface area contributed by atoms with Crippen LogP contribution in [0.3, 0.4) is 0 Å². The lowest BCUT2D eigenvalue weighted by molar-refractivity contribution is -0.133. The fourth-order valence-corrected chi connectivity index (χ4v) is 3.75. The highest BCUT2D eigenvalue weighted by atomic mass is 16.5. The van der Waals surface area contributed by atoms with Crippen LogP contribution in [0, 0.1) is 0 Å². The summed E-state index contributed by atoms with van der Waals surface area (Å²) in [4.78, 5) is 41.0. The van der Waals surface area contributed by atoms with E-state index in [0.717, 1.165) is 17.7 Å². The van der Waals surface area contributed by atoms with Crippen LogP contribution in [0.25, 0.3) is 0 Å². The zero-order valence-electron chi connectivity index (χ0n) is 18.6. The fraction of sp³-hybridized carbons (Fsp3) is 0.400. The Hall–Kier alpha value is -3.35. The number of carbonyl (C=O) groups excluding carboxylic acids is 3. The molecule has 2 aromatic carbocycles. The lowest BCUT2D eigenvalue weighted by atomic mass is 10.1. The summed E-state index contributed by atoms with van der Waals surface area (Å²) in [5.74, 6) is 0.746. The average molecular weight is 438 g/mol. The highest BCUT2D eigenvalue weighted by Crippen LogP contribution is 2.14. The molecular formula is C25H31N3O4. The lowest BCUT2D eigenvalue weighted by Gasteiger charge is -2.22. The van der Waals surface area contributed by atoms with Gasteiger partial charge in [-0.2, -0.15) is 0 Å². The molecule has 0 radical (unpaired) electrons. The van der Waals surface area contributed by atoms with Gasteiger partial charge in [-0.3, -0.25) is 14.4 Å². The van der Waals surface area contributed by atoms with Gasteiger partial charge in [-0.05, 0) is 42.7 Å². The van der Waals surface area contributed by atoms with Crippen LogP contribution in [0.4, 0.5) is 0 Å². The molecule has 32 heavy (non-hydrogen) atoms. The average Bonchev–Trinajstić information content (AvgIpc) is 3.10. The van der Waals surface area contributed by atoms with Gasteiger partial charge in [-0.25, -0.2) is 0 Å². The van der Waals surface area contributed by atoms with E-state index in [-0.39, 0.29) is 24.1 Å². The zero-order chi connectivity index (χ0) is 22.8. The third-order valence-electron chi connectivity index (χ3n) is 5.65. The molecule has 0 bridgehead atoms. The van der Waals surface area contributed by atoms with Crippen LogP contribution < -0.4 is 10.1 Å². The Labute approximate surface area is 189 Å². The summed E-state index contributed by atoms with van der Waals surface area (Å²) in [5, 5.41) is 2.79. The van der Waals surface area contributed by atoms with Gasteiger partial charge < -0.3 is 19.9 Å². The summed E-state index contributed by atoms with van der Waals surface area (Å²) < 4.78 is 5.16. The van der Waals surface area contributed by atoms with Gasteiger partial charge in [0.15, 0.2) is 0 Å². The number of hydrogen-bond acceptors (Lipinski definition) is 4. The van der Waals surface area contributed by atoms with E-state index in [0.29, 0.717) is 51.1 Å². The maximum Gasteiger partial charge on any atom is 0.251 e. The highest BCUT2D eigenvalue weighted by molar-refractivity contribution is 5.94. The van der Waals surface area contributed by atoms with Crippen molar-refractivity contribution in [2.24, 2.45) is 0 Å². The number of hydrogen-bond donors (Lipinski definition) is 1. The molecule has 1 N–H and O–H groups in total. The third kappa shape index (κ3) is 6.83. The number of carbonyl (C=O) groups is 3. The minimum atomic E-state index is -0.178. The lowest BCUT2D eigenvalue weighted by Crippen LogP contribution is -2.38. The largest absolute Gasteiger partial charge is 0.497 e. The molecule has 0 atom stereocenters. The summed E-state index contributed by atoms with van der Waals surface area (Å²) in [6.45, 7) is 2.67. The highest BCUT2D eigenvalue weighted by Gasteiger charge is 2.21. The van der Waals surface area contributed by atoms with E-state index in [4.69, 9.17) is 4.74 Å². The third-order valence-corrected chi connectivity index (χ3v) is 5.65. The molecule has 0 spiro atoms. The van der Waals surface area contributed by atoms with Gasteiger partial charge >= 0.3 is 0 Å². The Kier molecular flexibility index (Phi) is 8.66. The maximum atomic E-state index is 12.7. The number of nitrogens with one attached hydrogen (secondary N) is 1. The van der Waals surface area contributed by atoms with Crippen molar-refractivity contribution in [3.05, 3.63) is 65.7 Å². The summed E-state index contributed by atoms with van der Waals surface area (Å²) in [5.41, 5.74) is 1.68. The molecule has 2 aromatic rings. The molecular weight excluding hydrogens is 406 g/mol. The minimum absolute atomic E-state index is 0.00546. The zero-order valence-corrected chi connectivity index (χ0v) is 18.6. The molecule has 1 aliphatic rings. The van der Waals surface area contributed by atoms with Crippen LogP contribution >= 0.6 is 0 Å². The number of methoxy groups -OCH3 is 1. The first-order valence-electron chi connectivity index (χ1n) is 11.1. The SMILES string of the molecule is COc1ccc(CCC(=O)N2CCCN(C(=O)CCNC(=O)c3ccccc3)CC2)cc1. The molecule has 3 rings (SSSR count). The molecule has 0 unspecified atom stereocenters. The van der Waals surface area contributed by atoms with Gasteiger partial charge in [-0.1, -0.05) is 30.3 Å². The Morgan fingerprint density at radius 2 is 1.47 bits per heavy atom. The van der Waals surface area contributed by atoms with Gasteiger partial charge in [0.05, 0.1) is 7.11 Å². The maximum absolute atomic E-state index is 12.7. The van der Waals surface area contributed by atoms with Crippen LogP contribution in [0.1, 0.15) is 35.2 Å². The van der Waals surface area contributed by atoms with Gasteiger partial charge in [0.2, 0.25) is 11.8 Å². The molecule has 1 saturated heterocycles. The molecule has 1 aliphatic heterocycles. The second-order valence-corrected chi connectivity index (χ2v) is 7.84. The summed E-state index contributed by atoms with van der Waals surface area (Å²) >= 11 is 0. The van der Waals surface area contributed by atoms with Crippen LogP contribution in [-0.4, -0.2) is 67.4 Å². The first-order valence-corrected chi connectivity index (χ1v) is 11.1.